The maximum absolute atomic E-state index is 14.0. The molecule has 0 bridgehead atoms. The highest BCUT2D eigenvalue weighted by molar-refractivity contribution is 7.10. The summed E-state index contributed by atoms with van der Waals surface area (Å²) < 4.78 is 14.0. The molecule has 0 unspecified atom stereocenters. The van der Waals surface area contributed by atoms with Gasteiger partial charge in [-0.2, -0.15) is 0 Å². The van der Waals surface area contributed by atoms with Crippen LogP contribution in [-0.4, -0.2) is 34.8 Å². The van der Waals surface area contributed by atoms with E-state index in [9.17, 15) is 14.0 Å². The highest BCUT2D eigenvalue weighted by Gasteiger charge is 2.26. The number of hydrogen-bond donors (Lipinski definition) is 1. The van der Waals surface area contributed by atoms with Crippen molar-refractivity contribution in [2.45, 2.75) is 31.6 Å². The SMILES string of the molecule is O=C(Nc1ccc(F)cc1-c1ccc(Cl)cc1)c1csc(C2CCN(C(=O)CCc3cccs3)CC2)n1. The molecule has 37 heavy (non-hydrogen) atoms. The fraction of sp³-hybridized carbons (Fsp3) is 0.250. The fourth-order valence-corrected chi connectivity index (χ4v) is 6.28. The Balaban J connectivity index is 1.20. The average Bonchev–Trinajstić information content (AvgIpc) is 3.62. The summed E-state index contributed by atoms with van der Waals surface area (Å²) >= 11 is 9.14. The number of rotatable bonds is 7. The number of thiazole rings is 1. The van der Waals surface area contributed by atoms with Gasteiger partial charge < -0.3 is 10.2 Å². The lowest BCUT2D eigenvalue weighted by Gasteiger charge is -2.31. The second-order valence-corrected chi connectivity index (χ2v) is 11.3. The van der Waals surface area contributed by atoms with E-state index in [2.05, 4.69) is 16.4 Å². The first-order chi connectivity index (χ1) is 18.0. The average molecular weight is 554 g/mol. The standard InChI is InChI=1S/C28H25ClFN3O2S2/c29-20-5-3-18(4-6-20)23-16-21(30)7-9-24(23)31-27(35)25-17-37-28(32-25)19-11-13-33(14-12-19)26(34)10-8-22-2-1-15-36-22/h1-7,9,15-17,19H,8,10-14H2,(H,31,35). The molecule has 1 aliphatic rings. The first-order valence-electron chi connectivity index (χ1n) is 12.1. The van der Waals surface area contributed by atoms with Gasteiger partial charge in [0.2, 0.25) is 5.91 Å². The predicted molar refractivity (Wildman–Crippen MR) is 148 cm³/mol. The van der Waals surface area contributed by atoms with Crippen LogP contribution in [0, 0.1) is 5.82 Å². The minimum Gasteiger partial charge on any atom is -0.343 e. The van der Waals surface area contributed by atoms with Crippen molar-refractivity contribution in [3.8, 4) is 11.1 Å². The highest BCUT2D eigenvalue weighted by atomic mass is 35.5. The van der Waals surface area contributed by atoms with Gasteiger partial charge in [0, 0.05) is 52.0 Å². The summed E-state index contributed by atoms with van der Waals surface area (Å²) in [5.41, 5.74) is 2.14. The lowest BCUT2D eigenvalue weighted by atomic mass is 9.97. The monoisotopic (exact) mass is 553 g/mol. The number of benzene rings is 2. The Labute approximate surface area is 227 Å². The second kappa shape index (κ2) is 11.5. The van der Waals surface area contributed by atoms with E-state index < -0.39 is 5.82 Å². The van der Waals surface area contributed by atoms with Gasteiger partial charge in [0.25, 0.3) is 5.91 Å². The Morgan fingerprint density at radius 3 is 2.59 bits per heavy atom. The van der Waals surface area contributed by atoms with Crippen molar-refractivity contribution in [3.05, 3.63) is 91.8 Å². The number of likely N-dealkylation sites (tertiary alicyclic amines) is 1. The molecule has 0 aliphatic carbocycles. The van der Waals surface area contributed by atoms with Crippen molar-refractivity contribution < 1.29 is 14.0 Å². The van der Waals surface area contributed by atoms with Crippen molar-refractivity contribution in [1.82, 2.24) is 9.88 Å². The van der Waals surface area contributed by atoms with Crippen LogP contribution >= 0.6 is 34.3 Å². The topological polar surface area (TPSA) is 62.3 Å². The molecule has 0 saturated carbocycles. The molecule has 0 atom stereocenters. The molecule has 1 saturated heterocycles. The zero-order chi connectivity index (χ0) is 25.8. The minimum atomic E-state index is -0.393. The molecule has 3 heterocycles. The number of amides is 2. The molecular formula is C28H25ClFN3O2S2. The zero-order valence-electron chi connectivity index (χ0n) is 20.0. The summed E-state index contributed by atoms with van der Waals surface area (Å²) in [4.78, 5) is 33.4. The Morgan fingerprint density at radius 2 is 1.86 bits per heavy atom. The molecule has 0 spiro atoms. The molecular weight excluding hydrogens is 529 g/mol. The first-order valence-corrected chi connectivity index (χ1v) is 14.2. The molecule has 2 aromatic carbocycles. The number of nitrogens with zero attached hydrogens (tertiary/aromatic N) is 2. The molecule has 9 heteroatoms. The van der Waals surface area contributed by atoms with Gasteiger partial charge in [-0.05, 0) is 66.6 Å². The van der Waals surface area contributed by atoms with Gasteiger partial charge in [0.05, 0.1) is 5.01 Å². The lowest BCUT2D eigenvalue weighted by Crippen LogP contribution is -2.38. The van der Waals surface area contributed by atoms with E-state index >= 15 is 0 Å². The Bertz CT molecular complexity index is 1380. The summed E-state index contributed by atoms with van der Waals surface area (Å²) in [6.07, 6.45) is 2.99. The van der Waals surface area contributed by atoms with Crippen LogP contribution < -0.4 is 5.32 Å². The molecule has 1 N–H and O–H groups in total. The Morgan fingerprint density at radius 1 is 1.08 bits per heavy atom. The molecule has 2 amide bonds. The molecule has 1 aliphatic heterocycles. The summed E-state index contributed by atoms with van der Waals surface area (Å²) in [6.45, 7) is 1.41. The lowest BCUT2D eigenvalue weighted by molar-refractivity contribution is -0.132. The van der Waals surface area contributed by atoms with Gasteiger partial charge in [-0.25, -0.2) is 9.37 Å². The van der Waals surface area contributed by atoms with Crippen LogP contribution in [0.2, 0.25) is 5.02 Å². The molecule has 0 radical (unpaired) electrons. The molecule has 2 aromatic heterocycles. The van der Waals surface area contributed by atoms with Crippen molar-refractivity contribution in [2.75, 3.05) is 18.4 Å². The van der Waals surface area contributed by atoms with Crippen LogP contribution in [0.25, 0.3) is 11.1 Å². The van der Waals surface area contributed by atoms with Crippen molar-refractivity contribution in [1.29, 1.82) is 0 Å². The van der Waals surface area contributed by atoms with Gasteiger partial charge in [-0.3, -0.25) is 9.59 Å². The highest BCUT2D eigenvalue weighted by Crippen LogP contribution is 2.33. The molecule has 5 rings (SSSR count). The Kier molecular flexibility index (Phi) is 7.98. The quantitative estimate of drug-likeness (QED) is 0.262. The summed E-state index contributed by atoms with van der Waals surface area (Å²) in [5, 5.41) is 8.17. The van der Waals surface area contributed by atoms with E-state index in [-0.39, 0.29) is 17.7 Å². The van der Waals surface area contributed by atoms with Crippen LogP contribution in [0.4, 0.5) is 10.1 Å². The van der Waals surface area contributed by atoms with Crippen molar-refractivity contribution >= 4 is 51.8 Å². The third kappa shape index (κ3) is 6.26. The molecule has 1 fully saturated rings. The van der Waals surface area contributed by atoms with Crippen LogP contribution in [0.5, 0.6) is 0 Å². The normalized spacial score (nSPS) is 14.1. The number of halogens is 2. The van der Waals surface area contributed by atoms with Crippen molar-refractivity contribution in [3.63, 3.8) is 0 Å². The summed E-state index contributed by atoms with van der Waals surface area (Å²) in [6, 6.07) is 15.4. The number of hydrogen-bond acceptors (Lipinski definition) is 5. The van der Waals surface area contributed by atoms with Gasteiger partial charge in [0.15, 0.2) is 0 Å². The van der Waals surface area contributed by atoms with E-state index in [1.165, 1.54) is 28.3 Å². The minimum absolute atomic E-state index is 0.196. The number of piperidine rings is 1. The van der Waals surface area contributed by atoms with E-state index in [1.807, 2.05) is 16.3 Å². The molecule has 190 valence electrons. The van der Waals surface area contributed by atoms with Crippen LogP contribution in [0.3, 0.4) is 0 Å². The van der Waals surface area contributed by atoms with E-state index in [1.54, 1.807) is 47.0 Å². The third-order valence-corrected chi connectivity index (χ3v) is 8.70. The maximum atomic E-state index is 14.0. The maximum Gasteiger partial charge on any atom is 0.275 e. The first kappa shape index (κ1) is 25.6. The van der Waals surface area contributed by atoms with Gasteiger partial charge >= 0.3 is 0 Å². The van der Waals surface area contributed by atoms with Crippen LogP contribution in [0.15, 0.2) is 65.4 Å². The second-order valence-electron chi connectivity index (χ2n) is 8.96. The largest absolute Gasteiger partial charge is 0.343 e. The van der Waals surface area contributed by atoms with Crippen molar-refractivity contribution in [2.24, 2.45) is 0 Å². The predicted octanol–water partition coefficient (Wildman–Crippen LogP) is 7.26. The van der Waals surface area contributed by atoms with E-state index in [4.69, 9.17) is 11.6 Å². The Hall–Kier alpha value is -3.07. The number of anilines is 1. The molecule has 5 nitrogen and oxygen atoms in total. The number of carbonyl (C=O) groups excluding carboxylic acids is 2. The number of thiophene rings is 1. The summed E-state index contributed by atoms with van der Waals surface area (Å²) in [7, 11) is 0. The number of aromatic nitrogens is 1. The van der Waals surface area contributed by atoms with Crippen LogP contribution in [0.1, 0.15) is 45.6 Å². The number of nitrogens with one attached hydrogen (secondary N) is 1. The smallest absolute Gasteiger partial charge is 0.275 e. The number of carbonyl (C=O) groups is 2. The van der Waals surface area contributed by atoms with Gasteiger partial charge in [-0.1, -0.05) is 29.8 Å². The fourth-order valence-electron chi connectivity index (χ4n) is 4.48. The van der Waals surface area contributed by atoms with E-state index in [0.717, 1.165) is 29.8 Å². The number of aryl methyl sites for hydroxylation is 1. The third-order valence-electron chi connectivity index (χ3n) is 6.50. The van der Waals surface area contributed by atoms with E-state index in [0.29, 0.717) is 41.5 Å². The van der Waals surface area contributed by atoms with Gasteiger partial charge in [-0.15, -0.1) is 22.7 Å². The van der Waals surface area contributed by atoms with Gasteiger partial charge in [0.1, 0.15) is 11.5 Å². The zero-order valence-corrected chi connectivity index (χ0v) is 22.3. The van der Waals surface area contributed by atoms with Crippen LogP contribution in [-0.2, 0) is 11.2 Å². The molecule has 4 aromatic rings. The summed E-state index contributed by atoms with van der Waals surface area (Å²) in [5.74, 6) is -0.314.